The van der Waals surface area contributed by atoms with Crippen LogP contribution in [0.2, 0.25) is 0 Å². The number of nitrogens with zero attached hydrogens (tertiary/aromatic N) is 2. The summed E-state index contributed by atoms with van der Waals surface area (Å²) in [5.41, 5.74) is 2.45. The first kappa shape index (κ1) is 12.9. The molecule has 1 aromatic heterocycles. The molecule has 0 aliphatic rings. The van der Waals surface area contributed by atoms with Crippen LogP contribution >= 0.6 is 0 Å². The number of nitrogens with one attached hydrogen (secondary N) is 2. The van der Waals surface area contributed by atoms with E-state index in [2.05, 4.69) is 40.9 Å². The van der Waals surface area contributed by atoms with E-state index in [1.807, 2.05) is 18.8 Å². The number of hydrogen-bond acceptors (Lipinski definition) is 3. The molecule has 1 heterocycles. The zero-order valence-corrected chi connectivity index (χ0v) is 11.5. The fraction of sp³-hybridized carbons (Fsp3) is 0.500. The van der Waals surface area contributed by atoms with Crippen molar-refractivity contribution >= 4 is 16.7 Å². The summed E-state index contributed by atoms with van der Waals surface area (Å²) in [4.78, 5) is 0. The van der Waals surface area contributed by atoms with Gasteiger partial charge in [0.1, 0.15) is 0 Å². The van der Waals surface area contributed by atoms with Crippen molar-refractivity contribution < 1.29 is 0 Å². The number of aromatic nitrogens is 2. The van der Waals surface area contributed by atoms with E-state index >= 15 is 0 Å². The molecule has 0 saturated carbocycles. The standard InChI is InChI=1S/C14H22N4/c1-11-6-7-13-12(10-11)14(17-18(13)3)16-9-5-4-8-15-2/h6-7,10,15H,4-5,8-9H2,1-3H3,(H,16,17). The molecule has 2 aromatic rings. The normalized spacial score (nSPS) is 11.1. The summed E-state index contributed by atoms with van der Waals surface area (Å²) in [5.74, 6) is 1.00. The van der Waals surface area contributed by atoms with Gasteiger partial charge in [0.15, 0.2) is 5.82 Å². The van der Waals surface area contributed by atoms with E-state index in [4.69, 9.17) is 0 Å². The highest BCUT2D eigenvalue weighted by atomic mass is 15.3. The van der Waals surface area contributed by atoms with E-state index in [1.165, 1.54) is 22.9 Å². The topological polar surface area (TPSA) is 41.9 Å². The molecule has 0 amide bonds. The van der Waals surface area contributed by atoms with E-state index in [-0.39, 0.29) is 0 Å². The molecular weight excluding hydrogens is 224 g/mol. The molecule has 0 aliphatic carbocycles. The van der Waals surface area contributed by atoms with Crippen molar-refractivity contribution in [1.29, 1.82) is 0 Å². The average Bonchev–Trinajstić information content (AvgIpc) is 2.66. The Morgan fingerprint density at radius 1 is 1.22 bits per heavy atom. The van der Waals surface area contributed by atoms with E-state index in [1.54, 1.807) is 0 Å². The Bertz CT molecular complexity index is 516. The Hall–Kier alpha value is -1.55. The predicted molar refractivity (Wildman–Crippen MR) is 77.1 cm³/mol. The molecule has 98 valence electrons. The second-order valence-corrected chi connectivity index (χ2v) is 4.73. The maximum absolute atomic E-state index is 4.54. The van der Waals surface area contributed by atoms with Crippen molar-refractivity contribution in [2.75, 3.05) is 25.5 Å². The third kappa shape index (κ3) is 2.82. The number of hydrogen-bond donors (Lipinski definition) is 2. The van der Waals surface area contributed by atoms with Crippen LogP contribution in [0.4, 0.5) is 5.82 Å². The zero-order valence-electron chi connectivity index (χ0n) is 11.5. The van der Waals surface area contributed by atoms with Crippen LogP contribution in [0, 0.1) is 6.92 Å². The molecule has 0 spiro atoms. The summed E-state index contributed by atoms with van der Waals surface area (Å²) in [6.45, 7) is 4.16. The highest BCUT2D eigenvalue weighted by Gasteiger charge is 2.07. The Labute approximate surface area is 108 Å². The maximum atomic E-state index is 4.54. The summed E-state index contributed by atoms with van der Waals surface area (Å²) < 4.78 is 1.94. The summed E-state index contributed by atoms with van der Waals surface area (Å²) >= 11 is 0. The van der Waals surface area contributed by atoms with Gasteiger partial charge in [-0.25, -0.2) is 0 Å². The molecule has 0 atom stereocenters. The molecule has 0 unspecified atom stereocenters. The number of unbranched alkanes of at least 4 members (excludes halogenated alkanes) is 1. The predicted octanol–water partition coefficient (Wildman–Crippen LogP) is 2.29. The second-order valence-electron chi connectivity index (χ2n) is 4.73. The molecule has 0 fully saturated rings. The lowest BCUT2D eigenvalue weighted by molar-refractivity contribution is 0.692. The highest BCUT2D eigenvalue weighted by molar-refractivity contribution is 5.90. The minimum absolute atomic E-state index is 0.974. The van der Waals surface area contributed by atoms with Crippen LogP contribution < -0.4 is 10.6 Å². The van der Waals surface area contributed by atoms with Crippen molar-refractivity contribution in [3.63, 3.8) is 0 Å². The lowest BCUT2D eigenvalue weighted by Crippen LogP contribution is -2.10. The van der Waals surface area contributed by atoms with Crippen molar-refractivity contribution in [3.8, 4) is 0 Å². The van der Waals surface area contributed by atoms with Gasteiger partial charge >= 0.3 is 0 Å². The molecule has 18 heavy (non-hydrogen) atoms. The van der Waals surface area contributed by atoms with E-state index in [9.17, 15) is 0 Å². The van der Waals surface area contributed by atoms with Crippen LogP contribution in [0.1, 0.15) is 18.4 Å². The van der Waals surface area contributed by atoms with Crippen LogP contribution in [-0.2, 0) is 7.05 Å². The largest absolute Gasteiger partial charge is 0.368 e. The molecule has 4 heteroatoms. The SMILES string of the molecule is CNCCCCNc1nn(C)c2ccc(C)cc12. The van der Waals surface area contributed by atoms with Gasteiger partial charge in [-0.3, -0.25) is 4.68 Å². The molecule has 1 aromatic carbocycles. The molecule has 0 radical (unpaired) electrons. The molecule has 2 N–H and O–H groups in total. The van der Waals surface area contributed by atoms with Crippen molar-refractivity contribution in [2.45, 2.75) is 19.8 Å². The molecule has 0 saturated heterocycles. The van der Waals surface area contributed by atoms with Gasteiger partial charge in [-0.1, -0.05) is 11.6 Å². The second kappa shape index (κ2) is 5.87. The van der Waals surface area contributed by atoms with Gasteiger partial charge in [-0.15, -0.1) is 0 Å². The third-order valence-corrected chi connectivity index (χ3v) is 3.15. The van der Waals surface area contributed by atoms with Crippen LogP contribution in [0.25, 0.3) is 10.9 Å². The van der Waals surface area contributed by atoms with Gasteiger partial charge in [0.25, 0.3) is 0 Å². The quantitative estimate of drug-likeness (QED) is 0.768. The average molecular weight is 246 g/mol. The number of rotatable bonds is 6. The van der Waals surface area contributed by atoms with Crippen LogP contribution in [0.5, 0.6) is 0 Å². The minimum Gasteiger partial charge on any atom is -0.368 e. The van der Waals surface area contributed by atoms with Gasteiger partial charge in [0.2, 0.25) is 0 Å². The van der Waals surface area contributed by atoms with E-state index in [0.29, 0.717) is 0 Å². The molecule has 0 bridgehead atoms. The number of benzene rings is 1. The zero-order chi connectivity index (χ0) is 13.0. The number of aryl methyl sites for hydroxylation is 2. The lowest BCUT2D eigenvalue weighted by Gasteiger charge is -2.03. The summed E-state index contributed by atoms with van der Waals surface area (Å²) in [6, 6.07) is 6.45. The Morgan fingerprint density at radius 2 is 2.00 bits per heavy atom. The number of fused-ring (bicyclic) bond motifs is 1. The van der Waals surface area contributed by atoms with E-state index < -0.39 is 0 Å². The fourth-order valence-electron chi connectivity index (χ4n) is 2.14. The first-order chi connectivity index (χ1) is 8.72. The summed E-state index contributed by atoms with van der Waals surface area (Å²) in [5, 5.41) is 12.3. The van der Waals surface area contributed by atoms with E-state index in [0.717, 1.165) is 25.3 Å². The van der Waals surface area contributed by atoms with Gasteiger partial charge in [0.05, 0.1) is 5.52 Å². The first-order valence-electron chi connectivity index (χ1n) is 6.54. The van der Waals surface area contributed by atoms with Gasteiger partial charge in [0, 0.05) is 19.0 Å². The summed E-state index contributed by atoms with van der Waals surface area (Å²) in [6.07, 6.45) is 2.35. The Morgan fingerprint density at radius 3 is 2.78 bits per heavy atom. The fourth-order valence-corrected chi connectivity index (χ4v) is 2.14. The highest BCUT2D eigenvalue weighted by Crippen LogP contribution is 2.23. The molecule has 0 aliphatic heterocycles. The maximum Gasteiger partial charge on any atom is 0.155 e. The van der Waals surface area contributed by atoms with Crippen LogP contribution in [0.3, 0.4) is 0 Å². The van der Waals surface area contributed by atoms with Crippen molar-refractivity contribution in [1.82, 2.24) is 15.1 Å². The van der Waals surface area contributed by atoms with Gasteiger partial charge < -0.3 is 10.6 Å². The van der Waals surface area contributed by atoms with Gasteiger partial charge in [-0.2, -0.15) is 5.10 Å². The number of anilines is 1. The van der Waals surface area contributed by atoms with Crippen molar-refractivity contribution in [2.24, 2.45) is 7.05 Å². The third-order valence-electron chi connectivity index (χ3n) is 3.15. The molecule has 2 rings (SSSR count). The Balaban J connectivity index is 2.06. The monoisotopic (exact) mass is 246 g/mol. The van der Waals surface area contributed by atoms with Gasteiger partial charge in [-0.05, 0) is 45.5 Å². The molecule has 4 nitrogen and oxygen atoms in total. The van der Waals surface area contributed by atoms with Crippen molar-refractivity contribution in [3.05, 3.63) is 23.8 Å². The minimum atomic E-state index is 0.974. The van der Waals surface area contributed by atoms with Crippen LogP contribution in [-0.4, -0.2) is 29.9 Å². The lowest BCUT2D eigenvalue weighted by atomic mass is 10.2. The summed E-state index contributed by atoms with van der Waals surface area (Å²) in [7, 11) is 3.98. The first-order valence-corrected chi connectivity index (χ1v) is 6.54. The van der Waals surface area contributed by atoms with Crippen LogP contribution in [0.15, 0.2) is 18.2 Å². The molecular formula is C14H22N4. The smallest absolute Gasteiger partial charge is 0.155 e. The Kier molecular flexibility index (Phi) is 4.20.